The van der Waals surface area contributed by atoms with E-state index in [9.17, 15) is 9.90 Å². The fourth-order valence-corrected chi connectivity index (χ4v) is 3.69. The third-order valence-corrected chi connectivity index (χ3v) is 5.84. The van der Waals surface area contributed by atoms with Crippen molar-refractivity contribution in [1.82, 2.24) is 19.7 Å². The predicted octanol–water partition coefficient (Wildman–Crippen LogP) is 4.02. The number of aliphatic hydroxyl groups excluding tert-OH is 2. The number of amides is 1. The van der Waals surface area contributed by atoms with E-state index in [1.54, 1.807) is 35.3 Å². The number of aliphatic hydroxyl groups is 2. The largest absolute Gasteiger partial charge is 0.489 e. The molecule has 3 aromatic heterocycles. The molecule has 10 heteroatoms. The summed E-state index contributed by atoms with van der Waals surface area (Å²) in [5.74, 6) is 1.34. The Labute approximate surface area is 214 Å². The van der Waals surface area contributed by atoms with Crippen molar-refractivity contribution in [2.45, 2.75) is 46.3 Å². The summed E-state index contributed by atoms with van der Waals surface area (Å²) < 4.78 is 13.4. The van der Waals surface area contributed by atoms with E-state index in [0.717, 1.165) is 28.5 Å². The Morgan fingerprint density at radius 1 is 1.14 bits per heavy atom. The van der Waals surface area contributed by atoms with Gasteiger partial charge in [0.25, 0.3) is 5.91 Å². The smallest absolute Gasteiger partial charge is 0.281 e. The number of pyridine rings is 2. The maximum absolute atomic E-state index is 13.0. The van der Waals surface area contributed by atoms with Gasteiger partial charge in [0.1, 0.15) is 17.3 Å². The Kier molecular flexibility index (Phi) is 8.32. The number of hydrogen-bond donors (Lipinski definition) is 3. The summed E-state index contributed by atoms with van der Waals surface area (Å²) in [6, 6.07) is 9.26. The van der Waals surface area contributed by atoms with Gasteiger partial charge in [-0.2, -0.15) is 5.10 Å². The standard InChI is InChI=1S/C27H31N5O5/c1-4-10-32-15-24(36-11-8-19(34)16-33)26(31-32)27(35)30-25-6-5-20(14-29-25)37-23-7-9-28-22-13-18(3)17(2)12-21(22)23/h5-7,9,12-15,19,33-34H,4,8,10-11,16H2,1-3H3,(H,29,30,35). The molecule has 10 nitrogen and oxygen atoms in total. The number of nitrogens with zero attached hydrogens (tertiary/aromatic N) is 4. The van der Waals surface area contributed by atoms with Gasteiger partial charge in [0.15, 0.2) is 11.4 Å². The topological polar surface area (TPSA) is 132 Å². The van der Waals surface area contributed by atoms with Gasteiger partial charge in [-0.1, -0.05) is 6.92 Å². The van der Waals surface area contributed by atoms with Gasteiger partial charge >= 0.3 is 0 Å². The Bertz CT molecular complexity index is 1370. The number of fused-ring (bicyclic) bond motifs is 1. The second kappa shape index (κ2) is 11.8. The van der Waals surface area contributed by atoms with Gasteiger partial charge in [-0.3, -0.25) is 14.5 Å². The van der Waals surface area contributed by atoms with E-state index in [0.29, 0.717) is 29.6 Å². The summed E-state index contributed by atoms with van der Waals surface area (Å²) in [6.45, 7) is 6.50. The summed E-state index contributed by atoms with van der Waals surface area (Å²) >= 11 is 0. The fourth-order valence-electron chi connectivity index (χ4n) is 3.69. The van der Waals surface area contributed by atoms with E-state index in [1.165, 1.54) is 6.20 Å². The maximum Gasteiger partial charge on any atom is 0.281 e. The van der Waals surface area contributed by atoms with E-state index in [1.807, 2.05) is 26.8 Å². The summed E-state index contributed by atoms with van der Waals surface area (Å²) in [6.07, 6.45) is 5.07. The number of aryl methyl sites for hydroxylation is 3. The third-order valence-electron chi connectivity index (χ3n) is 5.84. The highest BCUT2D eigenvalue weighted by Crippen LogP contribution is 2.30. The van der Waals surface area contributed by atoms with Gasteiger partial charge in [-0.05, 0) is 61.7 Å². The number of carbonyl (C=O) groups excluding carboxylic acids is 1. The molecule has 0 spiro atoms. The van der Waals surface area contributed by atoms with Crippen molar-refractivity contribution in [3.05, 3.63) is 65.7 Å². The molecule has 0 aliphatic rings. The van der Waals surface area contributed by atoms with E-state index in [-0.39, 0.29) is 25.3 Å². The average molecular weight is 506 g/mol. The molecule has 0 aliphatic carbocycles. The van der Waals surface area contributed by atoms with E-state index in [4.69, 9.17) is 14.6 Å². The van der Waals surface area contributed by atoms with Crippen LogP contribution in [0.4, 0.5) is 5.82 Å². The SMILES string of the molecule is CCCn1cc(OCCC(O)CO)c(C(=O)Nc2ccc(Oc3ccnc4cc(C)c(C)cc34)cn2)n1. The van der Waals surface area contributed by atoms with Gasteiger partial charge in [0, 0.05) is 24.5 Å². The highest BCUT2D eigenvalue weighted by molar-refractivity contribution is 6.04. The van der Waals surface area contributed by atoms with Crippen molar-refractivity contribution in [2.24, 2.45) is 0 Å². The first-order valence-corrected chi connectivity index (χ1v) is 12.2. The predicted molar refractivity (Wildman–Crippen MR) is 139 cm³/mol. The molecule has 37 heavy (non-hydrogen) atoms. The van der Waals surface area contributed by atoms with Crippen LogP contribution in [-0.4, -0.2) is 55.2 Å². The van der Waals surface area contributed by atoms with Crippen LogP contribution in [0.5, 0.6) is 17.2 Å². The number of carbonyl (C=O) groups is 1. The second-order valence-electron chi connectivity index (χ2n) is 8.78. The third kappa shape index (κ3) is 6.41. The van der Waals surface area contributed by atoms with Crippen LogP contribution >= 0.6 is 0 Å². The zero-order valence-corrected chi connectivity index (χ0v) is 21.1. The molecule has 194 valence electrons. The molecule has 1 unspecified atom stereocenters. The molecule has 0 aliphatic heterocycles. The number of aromatic nitrogens is 4. The molecule has 0 radical (unpaired) electrons. The van der Waals surface area contributed by atoms with Crippen LogP contribution in [0.15, 0.2) is 48.9 Å². The monoisotopic (exact) mass is 505 g/mol. The van der Waals surface area contributed by atoms with Crippen molar-refractivity contribution >= 4 is 22.6 Å². The lowest BCUT2D eigenvalue weighted by Crippen LogP contribution is -2.18. The van der Waals surface area contributed by atoms with Crippen molar-refractivity contribution < 1.29 is 24.5 Å². The van der Waals surface area contributed by atoms with Gasteiger partial charge in [-0.25, -0.2) is 4.98 Å². The Morgan fingerprint density at radius 3 is 2.68 bits per heavy atom. The van der Waals surface area contributed by atoms with Crippen LogP contribution in [0.2, 0.25) is 0 Å². The highest BCUT2D eigenvalue weighted by atomic mass is 16.5. The fraction of sp³-hybridized carbons (Fsp3) is 0.333. The quantitative estimate of drug-likeness (QED) is 0.279. The lowest BCUT2D eigenvalue weighted by Gasteiger charge is -2.11. The summed E-state index contributed by atoms with van der Waals surface area (Å²) in [7, 11) is 0. The van der Waals surface area contributed by atoms with Crippen molar-refractivity contribution in [2.75, 3.05) is 18.5 Å². The number of benzene rings is 1. The van der Waals surface area contributed by atoms with Gasteiger partial charge < -0.3 is 25.0 Å². The maximum atomic E-state index is 13.0. The first-order chi connectivity index (χ1) is 17.9. The van der Waals surface area contributed by atoms with Crippen LogP contribution in [-0.2, 0) is 6.54 Å². The van der Waals surface area contributed by atoms with E-state index in [2.05, 4.69) is 26.4 Å². The summed E-state index contributed by atoms with van der Waals surface area (Å²) in [5, 5.41) is 26.5. The molecular formula is C27H31N5O5. The molecule has 0 saturated heterocycles. The number of rotatable bonds is 11. The second-order valence-corrected chi connectivity index (χ2v) is 8.78. The number of hydrogen-bond acceptors (Lipinski definition) is 8. The number of nitrogens with one attached hydrogen (secondary N) is 1. The van der Waals surface area contributed by atoms with Crippen molar-refractivity contribution in [3.63, 3.8) is 0 Å². The molecule has 4 rings (SSSR count). The van der Waals surface area contributed by atoms with E-state index < -0.39 is 12.0 Å². The molecule has 1 amide bonds. The molecule has 3 N–H and O–H groups in total. The number of anilines is 1. The Morgan fingerprint density at radius 2 is 1.95 bits per heavy atom. The Balaban J connectivity index is 1.46. The van der Waals surface area contributed by atoms with Crippen molar-refractivity contribution in [1.29, 1.82) is 0 Å². The molecule has 1 atom stereocenters. The van der Waals surface area contributed by atoms with Crippen molar-refractivity contribution in [3.8, 4) is 17.2 Å². The zero-order chi connectivity index (χ0) is 26.4. The summed E-state index contributed by atoms with van der Waals surface area (Å²) in [5.41, 5.74) is 3.28. The highest BCUT2D eigenvalue weighted by Gasteiger charge is 2.19. The van der Waals surface area contributed by atoms with Crippen LogP contribution in [0.25, 0.3) is 10.9 Å². The van der Waals surface area contributed by atoms with Crippen LogP contribution in [0, 0.1) is 13.8 Å². The Hall–Kier alpha value is -4.02. The summed E-state index contributed by atoms with van der Waals surface area (Å²) in [4.78, 5) is 21.7. The average Bonchev–Trinajstić information content (AvgIpc) is 3.29. The number of ether oxygens (including phenoxy) is 2. The lowest BCUT2D eigenvalue weighted by atomic mass is 10.1. The minimum absolute atomic E-state index is 0.114. The molecule has 1 aromatic carbocycles. The molecule has 0 bridgehead atoms. The van der Waals surface area contributed by atoms with Crippen LogP contribution in [0.1, 0.15) is 41.4 Å². The first kappa shape index (κ1) is 26.1. The molecule has 0 fully saturated rings. The lowest BCUT2D eigenvalue weighted by molar-refractivity contribution is 0.0751. The van der Waals surface area contributed by atoms with Crippen LogP contribution < -0.4 is 14.8 Å². The molecular weight excluding hydrogens is 474 g/mol. The minimum Gasteiger partial charge on any atom is -0.489 e. The minimum atomic E-state index is -0.883. The molecule has 4 aromatic rings. The first-order valence-electron chi connectivity index (χ1n) is 12.2. The zero-order valence-electron chi connectivity index (χ0n) is 21.1. The molecule has 0 saturated carbocycles. The van der Waals surface area contributed by atoms with E-state index >= 15 is 0 Å². The van der Waals surface area contributed by atoms with Gasteiger partial charge in [0.2, 0.25) is 0 Å². The molecule has 3 heterocycles. The van der Waals surface area contributed by atoms with Gasteiger partial charge in [-0.15, -0.1) is 0 Å². The van der Waals surface area contributed by atoms with Gasteiger partial charge in [0.05, 0.1) is 37.2 Å². The van der Waals surface area contributed by atoms with Crippen LogP contribution in [0.3, 0.4) is 0 Å². The normalized spacial score (nSPS) is 11.9.